The van der Waals surface area contributed by atoms with Gasteiger partial charge in [-0.05, 0) is 50.6 Å². The molecule has 2 atom stereocenters. The molecule has 2 unspecified atom stereocenters. The zero-order chi connectivity index (χ0) is 40.1. The average Bonchev–Trinajstić information content (AvgIpc) is 3.35. The van der Waals surface area contributed by atoms with Crippen molar-refractivity contribution in [2.75, 3.05) is 0 Å². The topological polar surface area (TPSA) is 37.0 Å². The largest absolute Gasteiger partial charge is 0.366 e. The molecular weight excluding hydrogens is 727 g/mol. The highest BCUT2D eigenvalue weighted by Crippen LogP contribution is 2.48. The van der Waals surface area contributed by atoms with Crippen LogP contribution >= 0.6 is 0 Å². The molecule has 2 heterocycles. The number of hydrogen-bond donors (Lipinski definition) is 2. The van der Waals surface area contributed by atoms with E-state index in [0.717, 1.165) is 78.3 Å². The van der Waals surface area contributed by atoms with E-state index >= 15 is 0 Å². The molecule has 3 heteroatoms. The summed E-state index contributed by atoms with van der Waals surface area (Å²) in [5, 5.41) is 7.59. The Morgan fingerprint density at radius 3 is 1.10 bits per heavy atom. The highest BCUT2D eigenvalue weighted by molar-refractivity contribution is 6.05. The summed E-state index contributed by atoms with van der Waals surface area (Å²) in [6.07, 6.45) is 2.28. The molecule has 286 valence electrons. The van der Waals surface area contributed by atoms with Gasteiger partial charge in [-0.2, -0.15) is 0 Å². The maximum atomic E-state index is 5.59. The Balaban J connectivity index is 1.08. The van der Waals surface area contributed by atoms with Crippen LogP contribution in [0.3, 0.4) is 0 Å². The standard InChI is InChI=1S/C57H43N3/c1-7-19-42(20-8-1)50-39-51(59-57(58-50)49-29-17-6-18-30-49)43-35-31-40(32-36-43)41-33-37-46(38-34-41)52-53(44-21-9-2-10-22-44)55(47-25-13-4-14-26-47)60-56(48-27-15-5-16-28-48)54(52)45-23-11-3-12-24-45/h1-39,50,57-59H. The smallest absolute Gasteiger partial charge is 0.104 e. The van der Waals surface area contributed by atoms with Crippen LogP contribution < -0.4 is 10.6 Å². The Bertz CT molecular complexity index is 2760. The molecule has 0 saturated heterocycles. The predicted molar refractivity (Wildman–Crippen MR) is 249 cm³/mol. The maximum absolute atomic E-state index is 5.59. The first kappa shape index (κ1) is 36.7. The van der Waals surface area contributed by atoms with Crippen molar-refractivity contribution in [2.24, 2.45) is 0 Å². The minimum absolute atomic E-state index is 0.0248. The summed E-state index contributed by atoms with van der Waals surface area (Å²) in [5.74, 6) is 0. The molecule has 0 spiro atoms. The van der Waals surface area contributed by atoms with E-state index in [2.05, 4.69) is 247 Å². The Hall–Kier alpha value is -7.59. The van der Waals surface area contributed by atoms with Gasteiger partial charge in [0.15, 0.2) is 0 Å². The molecule has 0 amide bonds. The van der Waals surface area contributed by atoms with Gasteiger partial charge in [-0.3, -0.25) is 5.32 Å². The van der Waals surface area contributed by atoms with E-state index in [1.807, 2.05) is 0 Å². The Kier molecular flexibility index (Phi) is 10.2. The zero-order valence-electron chi connectivity index (χ0n) is 33.1. The Morgan fingerprint density at radius 1 is 0.300 bits per heavy atom. The summed E-state index contributed by atoms with van der Waals surface area (Å²) in [4.78, 5) is 5.59. The van der Waals surface area contributed by atoms with Gasteiger partial charge in [0.1, 0.15) is 6.17 Å². The van der Waals surface area contributed by atoms with Crippen LogP contribution in [0.5, 0.6) is 0 Å². The molecule has 1 aromatic heterocycles. The fourth-order valence-corrected chi connectivity index (χ4v) is 8.42. The molecular formula is C57H43N3. The molecule has 1 aliphatic heterocycles. The van der Waals surface area contributed by atoms with Gasteiger partial charge >= 0.3 is 0 Å². The summed E-state index contributed by atoms with van der Waals surface area (Å²) in [6, 6.07) is 82.0. The van der Waals surface area contributed by atoms with Crippen LogP contribution in [0.2, 0.25) is 0 Å². The normalized spacial score (nSPS) is 14.8. The van der Waals surface area contributed by atoms with Crippen molar-refractivity contribution in [3.63, 3.8) is 0 Å². The molecule has 8 aromatic carbocycles. The van der Waals surface area contributed by atoms with E-state index in [1.165, 1.54) is 11.1 Å². The highest BCUT2D eigenvalue weighted by atomic mass is 15.2. The number of nitrogens with zero attached hydrogens (tertiary/aromatic N) is 1. The van der Waals surface area contributed by atoms with Crippen LogP contribution in [0, 0.1) is 0 Å². The lowest BCUT2D eigenvalue weighted by Crippen LogP contribution is -2.39. The molecule has 0 radical (unpaired) electrons. The molecule has 0 fully saturated rings. The Labute approximate surface area is 352 Å². The van der Waals surface area contributed by atoms with Crippen molar-refractivity contribution in [1.29, 1.82) is 0 Å². The predicted octanol–water partition coefficient (Wildman–Crippen LogP) is 14.1. The SMILES string of the molecule is C1=C(c2ccc(-c3ccc(-c4c(-c5ccccc5)c(-c5ccccc5)nc(-c5ccccc5)c4-c4ccccc4)cc3)cc2)NC(c2ccccc2)NC1c1ccccc1. The summed E-state index contributed by atoms with van der Waals surface area (Å²) in [7, 11) is 0. The summed E-state index contributed by atoms with van der Waals surface area (Å²) < 4.78 is 0. The minimum Gasteiger partial charge on any atom is -0.366 e. The zero-order valence-corrected chi connectivity index (χ0v) is 33.1. The van der Waals surface area contributed by atoms with Crippen molar-refractivity contribution < 1.29 is 0 Å². The average molecular weight is 770 g/mol. The molecule has 60 heavy (non-hydrogen) atoms. The summed E-state index contributed by atoms with van der Waals surface area (Å²) in [5.41, 5.74) is 17.9. The van der Waals surface area contributed by atoms with Crippen LogP contribution in [0.15, 0.2) is 237 Å². The lowest BCUT2D eigenvalue weighted by molar-refractivity contribution is 0.442. The second-order valence-electron chi connectivity index (χ2n) is 15.2. The number of nitrogens with one attached hydrogen (secondary N) is 2. The van der Waals surface area contributed by atoms with Gasteiger partial charge in [0.05, 0.1) is 17.4 Å². The molecule has 9 aromatic rings. The maximum Gasteiger partial charge on any atom is 0.104 e. The van der Waals surface area contributed by atoms with Gasteiger partial charge in [0.2, 0.25) is 0 Å². The second kappa shape index (κ2) is 16.7. The lowest BCUT2D eigenvalue weighted by Gasteiger charge is -2.33. The van der Waals surface area contributed by atoms with Crippen molar-refractivity contribution in [3.8, 4) is 67.0 Å². The van der Waals surface area contributed by atoms with E-state index in [0.29, 0.717) is 0 Å². The van der Waals surface area contributed by atoms with Gasteiger partial charge in [-0.15, -0.1) is 0 Å². The van der Waals surface area contributed by atoms with Gasteiger partial charge in [0, 0.05) is 33.5 Å². The highest BCUT2D eigenvalue weighted by Gasteiger charge is 2.26. The van der Waals surface area contributed by atoms with E-state index in [9.17, 15) is 0 Å². The van der Waals surface area contributed by atoms with Crippen molar-refractivity contribution in [1.82, 2.24) is 15.6 Å². The van der Waals surface area contributed by atoms with Crippen LogP contribution in [-0.4, -0.2) is 4.98 Å². The summed E-state index contributed by atoms with van der Waals surface area (Å²) >= 11 is 0. The third kappa shape index (κ3) is 7.46. The molecule has 0 saturated carbocycles. The molecule has 3 nitrogen and oxygen atoms in total. The Morgan fingerprint density at radius 2 is 0.650 bits per heavy atom. The second-order valence-corrected chi connectivity index (χ2v) is 15.2. The van der Waals surface area contributed by atoms with E-state index < -0.39 is 0 Å². The number of pyridine rings is 1. The molecule has 0 bridgehead atoms. The van der Waals surface area contributed by atoms with Crippen molar-refractivity contribution in [2.45, 2.75) is 12.2 Å². The molecule has 10 rings (SSSR count). The molecule has 0 aliphatic carbocycles. The number of benzene rings is 8. The van der Waals surface area contributed by atoms with Crippen molar-refractivity contribution >= 4 is 5.70 Å². The first-order chi connectivity index (χ1) is 29.8. The molecule has 1 aliphatic rings. The van der Waals surface area contributed by atoms with Gasteiger partial charge in [-0.1, -0.05) is 231 Å². The fourth-order valence-electron chi connectivity index (χ4n) is 8.42. The molecule has 2 N–H and O–H groups in total. The third-order valence-corrected chi connectivity index (χ3v) is 11.4. The van der Waals surface area contributed by atoms with Crippen molar-refractivity contribution in [3.05, 3.63) is 253 Å². The van der Waals surface area contributed by atoms with Crippen LogP contribution in [0.4, 0.5) is 0 Å². The van der Waals surface area contributed by atoms with Gasteiger partial charge < -0.3 is 5.32 Å². The quantitative estimate of drug-likeness (QED) is 0.154. The lowest BCUT2D eigenvalue weighted by atomic mass is 9.83. The first-order valence-electron chi connectivity index (χ1n) is 20.6. The third-order valence-electron chi connectivity index (χ3n) is 11.4. The summed E-state index contributed by atoms with van der Waals surface area (Å²) in [6.45, 7) is 0. The van der Waals surface area contributed by atoms with Gasteiger partial charge in [0.25, 0.3) is 0 Å². The monoisotopic (exact) mass is 769 g/mol. The van der Waals surface area contributed by atoms with Crippen LogP contribution in [0.1, 0.15) is 28.9 Å². The first-order valence-corrected chi connectivity index (χ1v) is 20.6. The van der Waals surface area contributed by atoms with Crippen LogP contribution in [-0.2, 0) is 0 Å². The van der Waals surface area contributed by atoms with E-state index in [1.54, 1.807) is 0 Å². The fraction of sp³-hybridized carbons (Fsp3) is 0.0351. The van der Waals surface area contributed by atoms with Crippen LogP contribution in [0.25, 0.3) is 72.7 Å². The van der Waals surface area contributed by atoms with E-state index in [-0.39, 0.29) is 12.2 Å². The number of aromatic nitrogens is 1. The number of rotatable bonds is 9. The van der Waals surface area contributed by atoms with E-state index in [4.69, 9.17) is 4.98 Å². The number of hydrogen-bond acceptors (Lipinski definition) is 3. The van der Waals surface area contributed by atoms with Gasteiger partial charge in [-0.25, -0.2) is 4.98 Å². The minimum atomic E-state index is -0.0248.